The van der Waals surface area contributed by atoms with Gasteiger partial charge in [-0.25, -0.2) is 13.1 Å². The number of piperidine rings is 1. The van der Waals surface area contributed by atoms with Crippen molar-refractivity contribution in [1.29, 1.82) is 0 Å². The maximum absolute atomic E-state index is 13.1. The summed E-state index contributed by atoms with van der Waals surface area (Å²) in [5.74, 6) is -0.00911. The van der Waals surface area contributed by atoms with Crippen LogP contribution in [0.4, 0.5) is 13.2 Å². The molecule has 0 bridgehead atoms. The van der Waals surface area contributed by atoms with Crippen molar-refractivity contribution >= 4 is 21.6 Å². The van der Waals surface area contributed by atoms with Crippen molar-refractivity contribution < 1.29 is 21.6 Å². The van der Waals surface area contributed by atoms with E-state index in [4.69, 9.17) is 11.6 Å². The summed E-state index contributed by atoms with van der Waals surface area (Å²) in [6.45, 7) is 3.07. The zero-order valence-corrected chi connectivity index (χ0v) is 13.3. The van der Waals surface area contributed by atoms with Gasteiger partial charge in [-0.15, -0.1) is 0 Å². The number of alkyl halides is 3. The van der Waals surface area contributed by atoms with E-state index in [2.05, 4.69) is 10.0 Å². The Bertz CT molecular complexity index is 649. The van der Waals surface area contributed by atoms with Gasteiger partial charge in [0.2, 0.25) is 10.0 Å². The summed E-state index contributed by atoms with van der Waals surface area (Å²) in [6.07, 6.45) is -4.27. The molecule has 0 aliphatic carbocycles. The Kier molecular flexibility index (Phi) is 5.06. The normalized spacial score (nSPS) is 23.5. The predicted molar refractivity (Wildman–Crippen MR) is 77.2 cm³/mol. The number of hydrogen-bond acceptors (Lipinski definition) is 3. The Morgan fingerprint density at radius 3 is 2.64 bits per heavy atom. The lowest BCUT2D eigenvalue weighted by molar-refractivity contribution is -0.139. The summed E-state index contributed by atoms with van der Waals surface area (Å²) < 4.78 is 66.2. The van der Waals surface area contributed by atoms with Gasteiger partial charge in [0.05, 0.1) is 10.5 Å². The van der Waals surface area contributed by atoms with Crippen molar-refractivity contribution in [2.75, 3.05) is 13.1 Å². The molecule has 22 heavy (non-hydrogen) atoms. The Morgan fingerprint density at radius 1 is 1.36 bits per heavy atom. The Hall–Kier alpha value is -0.830. The van der Waals surface area contributed by atoms with Crippen LogP contribution in [-0.2, 0) is 16.2 Å². The molecule has 2 unspecified atom stereocenters. The quantitative estimate of drug-likeness (QED) is 0.875. The van der Waals surface area contributed by atoms with Gasteiger partial charge in [-0.3, -0.25) is 0 Å². The van der Waals surface area contributed by atoms with Crippen LogP contribution in [0.3, 0.4) is 0 Å². The van der Waals surface area contributed by atoms with Crippen LogP contribution < -0.4 is 10.0 Å². The summed E-state index contributed by atoms with van der Waals surface area (Å²) in [5, 5.41) is 2.94. The van der Waals surface area contributed by atoms with Crippen LogP contribution in [0.1, 0.15) is 18.9 Å². The van der Waals surface area contributed by atoms with E-state index in [0.717, 1.165) is 12.1 Å². The topological polar surface area (TPSA) is 58.2 Å². The first-order valence-electron chi connectivity index (χ1n) is 6.71. The highest BCUT2D eigenvalue weighted by atomic mass is 35.5. The third kappa shape index (κ3) is 3.92. The molecular weight excluding hydrogens is 341 g/mol. The zero-order valence-electron chi connectivity index (χ0n) is 11.7. The van der Waals surface area contributed by atoms with Crippen LogP contribution in [0.15, 0.2) is 23.1 Å². The standard InChI is InChI=1S/C13H16ClF3N2O2S/c1-8-7-18-5-4-11(8)19-22(20,21)12-3-2-9(14)6-10(12)13(15,16)17/h2-3,6,8,11,18-19H,4-5,7H2,1H3. The Morgan fingerprint density at radius 2 is 2.05 bits per heavy atom. The van der Waals surface area contributed by atoms with Crippen LogP contribution in [0.25, 0.3) is 0 Å². The lowest BCUT2D eigenvalue weighted by atomic mass is 9.97. The van der Waals surface area contributed by atoms with Gasteiger partial charge >= 0.3 is 6.18 Å². The third-order valence-electron chi connectivity index (χ3n) is 3.63. The molecule has 0 saturated carbocycles. The van der Waals surface area contributed by atoms with Gasteiger partial charge in [-0.2, -0.15) is 13.2 Å². The fourth-order valence-corrected chi connectivity index (χ4v) is 4.17. The zero-order chi connectivity index (χ0) is 16.5. The van der Waals surface area contributed by atoms with E-state index in [1.165, 1.54) is 0 Å². The summed E-state index contributed by atoms with van der Waals surface area (Å²) >= 11 is 5.56. The lowest BCUT2D eigenvalue weighted by Gasteiger charge is -2.30. The molecule has 0 aromatic heterocycles. The maximum Gasteiger partial charge on any atom is 0.417 e. The first kappa shape index (κ1) is 17.5. The molecule has 1 heterocycles. The molecule has 1 fully saturated rings. The van der Waals surface area contributed by atoms with Gasteiger partial charge in [0.15, 0.2) is 0 Å². The summed E-state index contributed by atoms with van der Waals surface area (Å²) in [7, 11) is -4.28. The van der Waals surface area contributed by atoms with Gasteiger partial charge in [0, 0.05) is 11.1 Å². The molecule has 124 valence electrons. The van der Waals surface area contributed by atoms with E-state index < -0.39 is 32.7 Å². The molecule has 1 aliphatic rings. The number of sulfonamides is 1. The molecule has 1 aromatic carbocycles. The second-order valence-electron chi connectivity index (χ2n) is 5.34. The summed E-state index contributed by atoms with van der Waals surface area (Å²) in [6, 6.07) is 2.25. The molecule has 0 amide bonds. The van der Waals surface area contributed by atoms with E-state index in [1.54, 1.807) is 0 Å². The van der Waals surface area contributed by atoms with E-state index in [-0.39, 0.29) is 10.9 Å². The smallest absolute Gasteiger partial charge is 0.316 e. The number of hydrogen-bond donors (Lipinski definition) is 2. The van der Waals surface area contributed by atoms with Crippen molar-refractivity contribution in [3.63, 3.8) is 0 Å². The van der Waals surface area contributed by atoms with Crippen LogP contribution >= 0.6 is 11.6 Å². The molecule has 2 N–H and O–H groups in total. The fraction of sp³-hybridized carbons (Fsp3) is 0.538. The van der Waals surface area contributed by atoms with Crippen LogP contribution in [0.5, 0.6) is 0 Å². The van der Waals surface area contributed by atoms with Crippen molar-refractivity contribution in [2.45, 2.75) is 30.5 Å². The number of rotatable bonds is 3. The van der Waals surface area contributed by atoms with Crippen molar-refractivity contribution in [3.05, 3.63) is 28.8 Å². The highest BCUT2D eigenvalue weighted by Gasteiger charge is 2.38. The average molecular weight is 357 g/mol. The maximum atomic E-state index is 13.1. The molecule has 1 aliphatic heterocycles. The monoisotopic (exact) mass is 356 g/mol. The van der Waals surface area contributed by atoms with Gasteiger partial charge in [0.1, 0.15) is 0 Å². The van der Waals surface area contributed by atoms with Crippen LogP contribution in [-0.4, -0.2) is 27.5 Å². The van der Waals surface area contributed by atoms with Crippen LogP contribution in [0.2, 0.25) is 5.02 Å². The number of halogens is 4. The first-order chi connectivity index (χ1) is 10.1. The average Bonchev–Trinajstić information content (AvgIpc) is 2.40. The van der Waals surface area contributed by atoms with Crippen molar-refractivity contribution in [3.8, 4) is 0 Å². The lowest BCUT2D eigenvalue weighted by Crippen LogP contribution is -2.48. The molecule has 0 spiro atoms. The molecule has 2 atom stereocenters. The van der Waals surface area contributed by atoms with Gasteiger partial charge in [-0.1, -0.05) is 18.5 Å². The van der Waals surface area contributed by atoms with Gasteiger partial charge < -0.3 is 5.32 Å². The molecule has 1 aromatic rings. The molecule has 2 rings (SSSR count). The highest BCUT2D eigenvalue weighted by molar-refractivity contribution is 7.89. The van der Waals surface area contributed by atoms with Crippen LogP contribution in [0, 0.1) is 5.92 Å². The van der Waals surface area contributed by atoms with E-state index in [9.17, 15) is 21.6 Å². The second kappa shape index (κ2) is 6.35. The molecule has 0 radical (unpaired) electrons. The van der Waals surface area contributed by atoms with E-state index in [0.29, 0.717) is 25.6 Å². The predicted octanol–water partition coefficient (Wildman–Crippen LogP) is 2.64. The summed E-state index contributed by atoms with van der Waals surface area (Å²) in [4.78, 5) is -0.796. The molecular formula is C13H16ClF3N2O2S. The van der Waals surface area contributed by atoms with E-state index >= 15 is 0 Å². The third-order valence-corrected chi connectivity index (χ3v) is 5.41. The van der Waals surface area contributed by atoms with Crippen molar-refractivity contribution in [2.24, 2.45) is 5.92 Å². The second-order valence-corrected chi connectivity index (χ2v) is 7.45. The minimum Gasteiger partial charge on any atom is -0.316 e. The summed E-state index contributed by atoms with van der Waals surface area (Å²) in [5.41, 5.74) is -1.26. The SMILES string of the molecule is CC1CNCCC1NS(=O)(=O)c1ccc(Cl)cc1C(F)(F)F. The minimum absolute atomic E-state index is 0.00911. The minimum atomic E-state index is -4.80. The Labute approximate surface area is 132 Å². The molecule has 4 nitrogen and oxygen atoms in total. The number of nitrogens with one attached hydrogen (secondary N) is 2. The molecule has 1 saturated heterocycles. The fourth-order valence-electron chi connectivity index (χ4n) is 2.41. The number of benzene rings is 1. The van der Waals surface area contributed by atoms with E-state index in [1.807, 2.05) is 6.92 Å². The highest BCUT2D eigenvalue weighted by Crippen LogP contribution is 2.36. The Balaban J connectivity index is 2.37. The van der Waals surface area contributed by atoms with Gasteiger partial charge in [0.25, 0.3) is 0 Å². The molecule has 9 heteroatoms. The van der Waals surface area contributed by atoms with Crippen molar-refractivity contribution in [1.82, 2.24) is 10.0 Å². The first-order valence-corrected chi connectivity index (χ1v) is 8.57. The largest absolute Gasteiger partial charge is 0.417 e. The van der Waals surface area contributed by atoms with Gasteiger partial charge in [-0.05, 0) is 43.6 Å².